The van der Waals surface area contributed by atoms with E-state index >= 15 is 0 Å². The maximum Gasteiger partial charge on any atom is -0.0249 e. The Morgan fingerprint density at radius 3 is 2.18 bits per heavy atom. The van der Waals surface area contributed by atoms with Gasteiger partial charge in [0.2, 0.25) is 0 Å². The quantitative estimate of drug-likeness (QED) is 0.568. The minimum Gasteiger partial charge on any atom is -0.0651 e. The lowest BCUT2D eigenvalue weighted by Crippen LogP contribution is -2.48. The number of rotatable bonds is 2. The summed E-state index contributed by atoms with van der Waals surface area (Å²) in [6.45, 7) is 12.0. The molecule has 0 aromatic carbocycles. The fourth-order valence-corrected chi connectivity index (χ4v) is 2.82. The van der Waals surface area contributed by atoms with Crippen LogP contribution in [0.25, 0.3) is 0 Å². The molecule has 1 aliphatic rings. The lowest BCUT2D eigenvalue weighted by atomic mass is 9.49. The van der Waals surface area contributed by atoms with Gasteiger partial charge in [-0.05, 0) is 29.6 Å². The van der Waals surface area contributed by atoms with Gasteiger partial charge in [-0.1, -0.05) is 41.0 Å². The van der Waals surface area contributed by atoms with Gasteiger partial charge in [0.05, 0.1) is 0 Å². The van der Waals surface area contributed by atoms with Crippen LogP contribution in [0.2, 0.25) is 0 Å². The van der Waals surface area contributed by atoms with Crippen molar-refractivity contribution in [1.29, 1.82) is 0 Å². The third-order valence-corrected chi connectivity index (χ3v) is 4.32. The van der Waals surface area contributed by atoms with Gasteiger partial charge in [-0.25, -0.2) is 0 Å². The SMILES string of the molecule is CCC1CC(C)C1(C)C(C)C. The van der Waals surface area contributed by atoms with E-state index in [4.69, 9.17) is 0 Å². The Bertz CT molecular complexity index is 130. The summed E-state index contributed by atoms with van der Waals surface area (Å²) in [6, 6.07) is 0. The van der Waals surface area contributed by atoms with Crippen LogP contribution >= 0.6 is 0 Å². The lowest BCUT2D eigenvalue weighted by molar-refractivity contribution is -0.0689. The van der Waals surface area contributed by atoms with Crippen LogP contribution in [0, 0.1) is 23.2 Å². The van der Waals surface area contributed by atoms with Gasteiger partial charge in [0.1, 0.15) is 0 Å². The molecule has 0 heteroatoms. The fourth-order valence-electron chi connectivity index (χ4n) is 2.82. The van der Waals surface area contributed by atoms with Crippen LogP contribution in [0.3, 0.4) is 0 Å². The highest BCUT2D eigenvalue weighted by Gasteiger charge is 2.49. The topological polar surface area (TPSA) is 0 Å². The highest BCUT2D eigenvalue weighted by Crippen LogP contribution is 2.57. The van der Waals surface area contributed by atoms with E-state index in [2.05, 4.69) is 34.6 Å². The maximum absolute atomic E-state index is 2.47. The van der Waals surface area contributed by atoms with E-state index in [9.17, 15) is 0 Å². The van der Waals surface area contributed by atoms with E-state index in [0.29, 0.717) is 5.41 Å². The van der Waals surface area contributed by atoms with Gasteiger partial charge < -0.3 is 0 Å². The van der Waals surface area contributed by atoms with Crippen molar-refractivity contribution in [2.45, 2.75) is 47.5 Å². The molecule has 11 heavy (non-hydrogen) atoms. The second kappa shape index (κ2) is 2.80. The van der Waals surface area contributed by atoms with Crippen molar-refractivity contribution in [2.75, 3.05) is 0 Å². The summed E-state index contributed by atoms with van der Waals surface area (Å²) in [4.78, 5) is 0. The average Bonchev–Trinajstić information content (AvgIpc) is 1.97. The minimum atomic E-state index is 0.648. The molecule has 0 radical (unpaired) electrons. The molecule has 0 saturated heterocycles. The molecule has 3 atom stereocenters. The van der Waals surface area contributed by atoms with Crippen LogP contribution in [-0.4, -0.2) is 0 Å². The summed E-state index contributed by atoms with van der Waals surface area (Å²) in [5, 5.41) is 0. The van der Waals surface area contributed by atoms with Crippen LogP contribution in [-0.2, 0) is 0 Å². The van der Waals surface area contributed by atoms with E-state index < -0.39 is 0 Å². The molecule has 1 aliphatic carbocycles. The summed E-state index contributed by atoms with van der Waals surface area (Å²) in [5.74, 6) is 2.81. The van der Waals surface area contributed by atoms with Crippen molar-refractivity contribution in [3.05, 3.63) is 0 Å². The Kier molecular flexibility index (Phi) is 2.32. The first-order valence-electron chi connectivity index (χ1n) is 5.03. The molecule has 0 aromatic rings. The number of hydrogen-bond acceptors (Lipinski definition) is 0. The second-order valence-electron chi connectivity index (χ2n) is 4.76. The first kappa shape index (κ1) is 9.09. The van der Waals surface area contributed by atoms with Crippen LogP contribution in [0.4, 0.5) is 0 Å². The van der Waals surface area contributed by atoms with Gasteiger partial charge in [-0.15, -0.1) is 0 Å². The van der Waals surface area contributed by atoms with Gasteiger partial charge in [-0.3, -0.25) is 0 Å². The molecule has 0 amide bonds. The molecular formula is C11H22. The average molecular weight is 154 g/mol. The van der Waals surface area contributed by atoms with Gasteiger partial charge in [0.15, 0.2) is 0 Å². The zero-order valence-electron chi connectivity index (χ0n) is 8.65. The van der Waals surface area contributed by atoms with E-state index in [1.807, 2.05) is 0 Å². The van der Waals surface area contributed by atoms with Gasteiger partial charge in [0.25, 0.3) is 0 Å². The van der Waals surface area contributed by atoms with Gasteiger partial charge in [0, 0.05) is 0 Å². The first-order valence-corrected chi connectivity index (χ1v) is 5.03. The van der Waals surface area contributed by atoms with E-state index in [0.717, 1.165) is 17.8 Å². The van der Waals surface area contributed by atoms with Crippen molar-refractivity contribution in [1.82, 2.24) is 0 Å². The summed E-state index contributed by atoms with van der Waals surface area (Å²) >= 11 is 0. The molecule has 0 aliphatic heterocycles. The molecule has 66 valence electrons. The summed E-state index contributed by atoms with van der Waals surface area (Å²) in [6.07, 6.45) is 2.84. The Balaban J connectivity index is 2.65. The highest BCUT2D eigenvalue weighted by molar-refractivity contribution is 4.98. The van der Waals surface area contributed by atoms with Crippen LogP contribution in [0.1, 0.15) is 47.5 Å². The zero-order chi connectivity index (χ0) is 8.65. The molecule has 1 fully saturated rings. The summed E-state index contributed by atoms with van der Waals surface area (Å²) in [5.41, 5.74) is 0.648. The van der Waals surface area contributed by atoms with Gasteiger partial charge in [-0.2, -0.15) is 0 Å². The Morgan fingerprint density at radius 2 is 2.00 bits per heavy atom. The third-order valence-electron chi connectivity index (χ3n) is 4.32. The van der Waals surface area contributed by atoms with E-state index in [1.54, 1.807) is 0 Å². The smallest absolute Gasteiger partial charge is 0.0249 e. The number of hydrogen-bond donors (Lipinski definition) is 0. The van der Waals surface area contributed by atoms with Crippen molar-refractivity contribution >= 4 is 0 Å². The first-order chi connectivity index (χ1) is 5.03. The zero-order valence-corrected chi connectivity index (χ0v) is 8.65. The maximum atomic E-state index is 2.47. The molecule has 0 nitrogen and oxygen atoms in total. The molecule has 0 N–H and O–H groups in total. The third kappa shape index (κ3) is 1.11. The second-order valence-corrected chi connectivity index (χ2v) is 4.76. The van der Waals surface area contributed by atoms with E-state index in [-0.39, 0.29) is 0 Å². The predicted molar refractivity (Wildman–Crippen MR) is 50.5 cm³/mol. The van der Waals surface area contributed by atoms with Crippen molar-refractivity contribution in [2.24, 2.45) is 23.2 Å². The van der Waals surface area contributed by atoms with E-state index in [1.165, 1.54) is 12.8 Å². The molecule has 1 rings (SSSR count). The minimum absolute atomic E-state index is 0.648. The molecule has 0 aromatic heterocycles. The normalized spacial score (nSPS) is 44.2. The van der Waals surface area contributed by atoms with Crippen LogP contribution in [0.5, 0.6) is 0 Å². The molecule has 3 unspecified atom stereocenters. The summed E-state index contributed by atoms with van der Waals surface area (Å²) < 4.78 is 0. The molecule has 1 saturated carbocycles. The lowest BCUT2D eigenvalue weighted by Gasteiger charge is -2.56. The summed E-state index contributed by atoms with van der Waals surface area (Å²) in [7, 11) is 0. The van der Waals surface area contributed by atoms with Crippen molar-refractivity contribution in [3.63, 3.8) is 0 Å². The Labute approximate surface area is 71.4 Å². The largest absolute Gasteiger partial charge is 0.0651 e. The predicted octanol–water partition coefficient (Wildman–Crippen LogP) is 3.71. The Morgan fingerprint density at radius 1 is 1.45 bits per heavy atom. The molecular weight excluding hydrogens is 132 g/mol. The standard InChI is InChI=1S/C11H22/c1-6-10-7-9(4)11(10,5)8(2)3/h8-10H,6-7H2,1-5H3. The van der Waals surface area contributed by atoms with Crippen molar-refractivity contribution in [3.8, 4) is 0 Å². The Hall–Kier alpha value is 0. The fraction of sp³-hybridized carbons (Fsp3) is 1.00. The molecule has 0 heterocycles. The molecule has 0 spiro atoms. The van der Waals surface area contributed by atoms with Crippen LogP contribution < -0.4 is 0 Å². The van der Waals surface area contributed by atoms with Gasteiger partial charge >= 0.3 is 0 Å². The highest BCUT2D eigenvalue weighted by atomic mass is 14.5. The monoisotopic (exact) mass is 154 g/mol. The van der Waals surface area contributed by atoms with Crippen molar-refractivity contribution < 1.29 is 0 Å². The molecule has 0 bridgehead atoms. The van der Waals surface area contributed by atoms with Crippen LogP contribution in [0.15, 0.2) is 0 Å².